The number of piperidine rings is 1. The lowest BCUT2D eigenvalue weighted by Crippen LogP contribution is -2.60. The van der Waals surface area contributed by atoms with Crippen molar-refractivity contribution in [3.63, 3.8) is 0 Å². The number of Topliss-reactive ketones (excluding diaryl/α,β-unsaturated/α-hetero) is 1. The summed E-state index contributed by atoms with van der Waals surface area (Å²) in [7, 11) is 0. The second-order valence-corrected chi connectivity index (χ2v) is 8.48. The number of ketones is 1. The van der Waals surface area contributed by atoms with Crippen LogP contribution in [0.2, 0.25) is 0 Å². The van der Waals surface area contributed by atoms with Gasteiger partial charge in [0, 0.05) is 30.4 Å². The quantitative estimate of drug-likeness (QED) is 0.902. The standard InChI is InChI=1S/C24H26NO2/c1-16-11-19(27-15-17-5-3-2-4-6-17)12-22-20(16)13-23-21-8-7-18(26)14-24(21,22)9-10-25-23/h2-6,11,21,23,25H,7-10,13-15H2,1H3/t21-,23+,24-/m0/s1. The van der Waals surface area contributed by atoms with E-state index in [1.807, 2.05) is 18.2 Å². The van der Waals surface area contributed by atoms with Gasteiger partial charge in [0.2, 0.25) is 0 Å². The summed E-state index contributed by atoms with van der Waals surface area (Å²) in [5, 5.41) is 3.73. The first-order valence-electron chi connectivity index (χ1n) is 10.1. The van der Waals surface area contributed by atoms with E-state index < -0.39 is 0 Å². The lowest BCUT2D eigenvalue weighted by molar-refractivity contribution is -0.125. The molecule has 3 heteroatoms. The second-order valence-electron chi connectivity index (χ2n) is 8.48. The van der Waals surface area contributed by atoms with Gasteiger partial charge in [-0.15, -0.1) is 0 Å². The molecule has 0 aromatic heterocycles. The normalized spacial score (nSPS) is 29.0. The van der Waals surface area contributed by atoms with Gasteiger partial charge in [0.05, 0.1) is 0 Å². The first-order chi connectivity index (χ1) is 13.2. The molecule has 0 spiro atoms. The second kappa shape index (κ2) is 6.49. The molecule has 3 aliphatic rings. The molecule has 5 rings (SSSR count). The Bertz CT molecular complexity index is 875. The molecule has 27 heavy (non-hydrogen) atoms. The van der Waals surface area contributed by atoms with E-state index in [9.17, 15) is 4.79 Å². The van der Waals surface area contributed by atoms with Gasteiger partial charge in [-0.2, -0.15) is 0 Å². The van der Waals surface area contributed by atoms with Gasteiger partial charge in [0.25, 0.3) is 0 Å². The molecular formula is C24H26NO2. The van der Waals surface area contributed by atoms with Crippen molar-refractivity contribution in [3.05, 3.63) is 64.7 Å². The highest BCUT2D eigenvalue weighted by molar-refractivity contribution is 5.81. The van der Waals surface area contributed by atoms with Gasteiger partial charge in [0.1, 0.15) is 18.1 Å². The van der Waals surface area contributed by atoms with E-state index in [4.69, 9.17) is 4.74 Å². The summed E-state index contributed by atoms with van der Waals surface area (Å²) in [6.07, 6.45) is 4.52. The maximum Gasteiger partial charge on any atom is 0.133 e. The van der Waals surface area contributed by atoms with E-state index in [0.29, 0.717) is 30.8 Å². The molecule has 1 radical (unpaired) electrons. The van der Waals surface area contributed by atoms with Crippen LogP contribution in [0, 0.1) is 18.9 Å². The van der Waals surface area contributed by atoms with E-state index in [-0.39, 0.29) is 5.41 Å². The Morgan fingerprint density at radius 3 is 3.00 bits per heavy atom. The van der Waals surface area contributed by atoms with Crippen molar-refractivity contribution in [3.8, 4) is 5.75 Å². The van der Waals surface area contributed by atoms with Crippen molar-refractivity contribution in [2.45, 2.75) is 57.1 Å². The highest BCUT2D eigenvalue weighted by Crippen LogP contribution is 2.54. The number of fused-ring (bicyclic) bond motifs is 1. The van der Waals surface area contributed by atoms with Gasteiger partial charge in [-0.3, -0.25) is 4.79 Å². The number of ether oxygens (including phenoxy) is 1. The van der Waals surface area contributed by atoms with Gasteiger partial charge in [-0.1, -0.05) is 30.3 Å². The number of hydrogen-bond donors (Lipinski definition) is 1. The highest BCUT2D eigenvalue weighted by atomic mass is 16.5. The number of carbonyl (C=O) groups is 1. The van der Waals surface area contributed by atoms with Crippen molar-refractivity contribution < 1.29 is 9.53 Å². The largest absolute Gasteiger partial charge is 0.488 e. The van der Waals surface area contributed by atoms with Crippen LogP contribution < -0.4 is 10.1 Å². The molecule has 139 valence electrons. The van der Waals surface area contributed by atoms with Gasteiger partial charge < -0.3 is 10.1 Å². The van der Waals surface area contributed by atoms with E-state index >= 15 is 0 Å². The Kier molecular flexibility index (Phi) is 4.08. The maximum atomic E-state index is 12.4. The number of rotatable bonds is 3. The monoisotopic (exact) mass is 360 g/mol. The molecule has 2 aliphatic carbocycles. The fourth-order valence-corrected chi connectivity index (χ4v) is 5.70. The summed E-state index contributed by atoms with van der Waals surface area (Å²) in [6.45, 7) is 3.73. The number of hydrogen-bond acceptors (Lipinski definition) is 3. The molecule has 3 atom stereocenters. The molecule has 0 amide bonds. The summed E-state index contributed by atoms with van der Waals surface area (Å²) in [5.41, 5.74) is 5.07. The van der Waals surface area contributed by atoms with Crippen molar-refractivity contribution >= 4 is 5.78 Å². The third-order valence-electron chi connectivity index (χ3n) is 6.95. The molecule has 0 unspecified atom stereocenters. The van der Waals surface area contributed by atoms with Crippen molar-refractivity contribution in [1.29, 1.82) is 0 Å². The molecule has 2 bridgehead atoms. The molecule has 2 aromatic rings. The van der Waals surface area contributed by atoms with E-state index in [0.717, 1.165) is 43.5 Å². The number of carbonyl (C=O) groups excluding carboxylic acids is 1. The predicted octanol–water partition coefficient (Wildman–Crippen LogP) is 3.90. The zero-order valence-corrected chi connectivity index (χ0v) is 15.9. The van der Waals surface area contributed by atoms with Gasteiger partial charge >= 0.3 is 0 Å². The predicted molar refractivity (Wildman–Crippen MR) is 105 cm³/mol. The zero-order chi connectivity index (χ0) is 18.4. The average molecular weight is 360 g/mol. The van der Waals surface area contributed by atoms with Crippen LogP contribution in [-0.4, -0.2) is 18.4 Å². The average Bonchev–Trinajstić information content (AvgIpc) is 2.67. The third-order valence-corrected chi connectivity index (χ3v) is 6.95. The van der Waals surface area contributed by atoms with Crippen LogP contribution in [0.15, 0.2) is 36.4 Å². The molecule has 1 N–H and O–H groups in total. The summed E-state index contributed by atoms with van der Waals surface area (Å²) in [4.78, 5) is 12.4. The molecule has 3 nitrogen and oxygen atoms in total. The molecule has 2 aromatic carbocycles. The topological polar surface area (TPSA) is 38.3 Å². The van der Waals surface area contributed by atoms with Crippen LogP contribution in [0.25, 0.3) is 0 Å². The summed E-state index contributed by atoms with van der Waals surface area (Å²) >= 11 is 0. The molecule has 1 heterocycles. The van der Waals surface area contributed by atoms with Gasteiger partial charge in [0.15, 0.2) is 0 Å². The summed E-state index contributed by atoms with van der Waals surface area (Å²) in [5.74, 6) is 1.79. The minimum absolute atomic E-state index is 0.0320. The van der Waals surface area contributed by atoms with Gasteiger partial charge in [-0.05, 0) is 67.0 Å². The Balaban J connectivity index is 1.53. The lowest BCUT2D eigenvalue weighted by atomic mass is 9.52. The lowest BCUT2D eigenvalue weighted by Gasteiger charge is -2.55. The third kappa shape index (κ3) is 2.80. The zero-order valence-electron chi connectivity index (χ0n) is 15.9. The molecule has 1 saturated heterocycles. The van der Waals surface area contributed by atoms with Crippen LogP contribution in [0.3, 0.4) is 0 Å². The highest BCUT2D eigenvalue weighted by Gasteiger charge is 2.53. The van der Waals surface area contributed by atoms with Crippen LogP contribution in [-0.2, 0) is 23.2 Å². The first kappa shape index (κ1) is 17.0. The summed E-state index contributed by atoms with van der Waals surface area (Å²) in [6, 6.07) is 16.5. The number of nitrogens with one attached hydrogen (secondary N) is 1. The Hall–Kier alpha value is -2.13. The van der Waals surface area contributed by atoms with Crippen LogP contribution in [0.1, 0.15) is 47.9 Å². The minimum Gasteiger partial charge on any atom is -0.488 e. The molecule has 2 fully saturated rings. The fraction of sp³-hybridized carbons (Fsp3) is 0.458. The van der Waals surface area contributed by atoms with E-state index in [1.54, 1.807) is 0 Å². The number of benzene rings is 2. The molecular weight excluding hydrogens is 334 g/mol. The van der Waals surface area contributed by atoms with Crippen LogP contribution in [0.5, 0.6) is 5.75 Å². The van der Waals surface area contributed by atoms with E-state index in [2.05, 4.69) is 36.5 Å². The summed E-state index contributed by atoms with van der Waals surface area (Å²) < 4.78 is 6.12. The Morgan fingerprint density at radius 1 is 1.30 bits per heavy atom. The SMILES string of the molecule is Cc1cc(OCc2ccccc2)[c]c2c1C[C@H]1NCC[C@@]23CC(=O)CC[C@@H]13. The van der Waals surface area contributed by atoms with Crippen LogP contribution in [0.4, 0.5) is 0 Å². The fourth-order valence-electron chi connectivity index (χ4n) is 5.70. The molecule has 1 aliphatic heterocycles. The smallest absolute Gasteiger partial charge is 0.133 e. The molecule has 1 saturated carbocycles. The van der Waals surface area contributed by atoms with E-state index in [1.165, 1.54) is 16.7 Å². The first-order valence-corrected chi connectivity index (χ1v) is 10.1. The van der Waals surface area contributed by atoms with Gasteiger partial charge in [-0.25, -0.2) is 0 Å². The Morgan fingerprint density at radius 2 is 2.15 bits per heavy atom. The maximum absolute atomic E-state index is 12.4. The Labute approximate surface area is 161 Å². The minimum atomic E-state index is -0.0320. The number of aryl methyl sites for hydroxylation is 1. The van der Waals surface area contributed by atoms with Crippen molar-refractivity contribution in [2.24, 2.45) is 5.92 Å². The van der Waals surface area contributed by atoms with Crippen LogP contribution >= 0.6 is 0 Å². The van der Waals surface area contributed by atoms with Crippen molar-refractivity contribution in [1.82, 2.24) is 5.32 Å². The van der Waals surface area contributed by atoms with Crippen molar-refractivity contribution in [2.75, 3.05) is 6.54 Å².